The number of carboxylic acid groups (broad SMARTS) is 1. The van der Waals surface area contributed by atoms with Gasteiger partial charge >= 0.3 is 5.97 Å². The molecule has 1 atom stereocenters. The standard InChI is InChI=1S/C19H26O4/c1-7-9-11(3)15(10-8-2)23-18-13(5)12(4)16(19(21)22)17(20)14(18)6/h8-9,15,20H,2,7,10H2,1,3-6H3,(H,21,22). The van der Waals surface area contributed by atoms with Crippen molar-refractivity contribution in [1.29, 1.82) is 0 Å². The number of ether oxygens (including phenoxy) is 1. The highest BCUT2D eigenvalue weighted by molar-refractivity contribution is 5.94. The molecule has 0 aliphatic heterocycles. The lowest BCUT2D eigenvalue weighted by Crippen LogP contribution is -2.19. The Labute approximate surface area is 138 Å². The number of hydrogen-bond donors (Lipinski definition) is 2. The van der Waals surface area contributed by atoms with Crippen LogP contribution in [0.25, 0.3) is 0 Å². The summed E-state index contributed by atoms with van der Waals surface area (Å²) < 4.78 is 6.13. The largest absolute Gasteiger partial charge is 0.507 e. The number of aromatic hydroxyl groups is 1. The molecule has 0 bridgehead atoms. The van der Waals surface area contributed by atoms with Gasteiger partial charge in [0, 0.05) is 12.0 Å². The Kier molecular flexibility index (Phi) is 6.43. The van der Waals surface area contributed by atoms with Gasteiger partial charge in [-0.25, -0.2) is 4.79 Å². The summed E-state index contributed by atoms with van der Waals surface area (Å²) in [5.74, 6) is -0.826. The fourth-order valence-corrected chi connectivity index (χ4v) is 2.62. The third-order valence-corrected chi connectivity index (χ3v) is 4.10. The number of rotatable bonds is 7. The van der Waals surface area contributed by atoms with Gasteiger partial charge in [-0.3, -0.25) is 0 Å². The zero-order chi connectivity index (χ0) is 17.7. The van der Waals surface area contributed by atoms with Crippen LogP contribution in [-0.4, -0.2) is 22.3 Å². The van der Waals surface area contributed by atoms with E-state index >= 15 is 0 Å². The highest BCUT2D eigenvalue weighted by atomic mass is 16.5. The number of benzene rings is 1. The molecule has 1 aromatic rings. The summed E-state index contributed by atoms with van der Waals surface area (Å²) in [6, 6.07) is 0. The van der Waals surface area contributed by atoms with E-state index in [0.717, 1.165) is 17.6 Å². The molecule has 0 amide bonds. The Morgan fingerprint density at radius 3 is 2.35 bits per heavy atom. The fourth-order valence-electron chi connectivity index (χ4n) is 2.62. The SMILES string of the molecule is C=CCC(Oc1c(C)c(C)c(C(=O)O)c(O)c1C)C(C)=CCC. The van der Waals surface area contributed by atoms with Crippen molar-refractivity contribution in [3.63, 3.8) is 0 Å². The second-order valence-electron chi connectivity index (χ2n) is 5.72. The van der Waals surface area contributed by atoms with Crippen LogP contribution in [0.3, 0.4) is 0 Å². The maximum atomic E-state index is 11.4. The quantitative estimate of drug-likeness (QED) is 0.715. The van der Waals surface area contributed by atoms with E-state index in [1.165, 1.54) is 0 Å². The van der Waals surface area contributed by atoms with Crippen LogP contribution in [-0.2, 0) is 0 Å². The van der Waals surface area contributed by atoms with Crippen molar-refractivity contribution in [2.45, 2.75) is 53.6 Å². The minimum absolute atomic E-state index is 0.0616. The molecule has 1 aromatic carbocycles. The molecule has 0 saturated heterocycles. The first-order valence-corrected chi connectivity index (χ1v) is 7.76. The van der Waals surface area contributed by atoms with Crippen molar-refractivity contribution in [2.75, 3.05) is 0 Å². The smallest absolute Gasteiger partial charge is 0.339 e. The van der Waals surface area contributed by atoms with E-state index in [-0.39, 0.29) is 17.4 Å². The summed E-state index contributed by atoms with van der Waals surface area (Å²) in [6.07, 6.45) is 5.25. The Morgan fingerprint density at radius 1 is 1.26 bits per heavy atom. The maximum absolute atomic E-state index is 11.4. The molecule has 126 valence electrons. The molecule has 4 nitrogen and oxygen atoms in total. The lowest BCUT2D eigenvalue weighted by atomic mass is 9.96. The van der Waals surface area contributed by atoms with Crippen molar-refractivity contribution in [1.82, 2.24) is 0 Å². The monoisotopic (exact) mass is 318 g/mol. The highest BCUT2D eigenvalue weighted by Gasteiger charge is 2.24. The van der Waals surface area contributed by atoms with Crippen LogP contribution >= 0.6 is 0 Å². The Hall–Kier alpha value is -2.23. The van der Waals surface area contributed by atoms with Crippen LogP contribution in [0, 0.1) is 20.8 Å². The van der Waals surface area contributed by atoms with Gasteiger partial charge in [-0.15, -0.1) is 6.58 Å². The molecule has 0 spiro atoms. The van der Waals surface area contributed by atoms with Gasteiger partial charge in [0.25, 0.3) is 0 Å². The van der Waals surface area contributed by atoms with E-state index < -0.39 is 5.97 Å². The van der Waals surface area contributed by atoms with E-state index in [2.05, 4.69) is 19.6 Å². The van der Waals surface area contributed by atoms with Crippen LogP contribution in [0.15, 0.2) is 24.3 Å². The third kappa shape index (κ3) is 3.95. The maximum Gasteiger partial charge on any atom is 0.339 e. The molecule has 4 heteroatoms. The molecular formula is C19H26O4. The topological polar surface area (TPSA) is 66.8 Å². The fraction of sp³-hybridized carbons (Fsp3) is 0.421. The van der Waals surface area contributed by atoms with Crippen molar-refractivity contribution in [3.05, 3.63) is 46.6 Å². The normalized spacial score (nSPS) is 12.8. The molecule has 0 saturated carbocycles. The Bertz CT molecular complexity index is 612. The van der Waals surface area contributed by atoms with E-state index in [1.807, 2.05) is 13.8 Å². The highest BCUT2D eigenvalue weighted by Crippen LogP contribution is 2.38. The molecule has 0 heterocycles. The van der Waals surface area contributed by atoms with E-state index in [0.29, 0.717) is 23.3 Å². The first-order chi connectivity index (χ1) is 10.8. The summed E-state index contributed by atoms with van der Waals surface area (Å²) in [5, 5.41) is 19.5. The predicted octanol–water partition coefficient (Wildman–Crippen LogP) is 4.70. The van der Waals surface area contributed by atoms with Gasteiger partial charge in [0.1, 0.15) is 23.2 Å². The van der Waals surface area contributed by atoms with Gasteiger partial charge in [-0.05, 0) is 50.8 Å². The minimum atomic E-state index is -1.14. The van der Waals surface area contributed by atoms with Crippen LogP contribution < -0.4 is 4.74 Å². The third-order valence-electron chi connectivity index (χ3n) is 4.10. The molecule has 0 aliphatic rings. The second-order valence-corrected chi connectivity index (χ2v) is 5.72. The molecule has 0 aliphatic carbocycles. The van der Waals surface area contributed by atoms with Gasteiger partial charge in [-0.2, -0.15) is 0 Å². The number of phenols is 1. The average Bonchev–Trinajstić information content (AvgIpc) is 2.48. The average molecular weight is 318 g/mol. The summed E-state index contributed by atoms with van der Waals surface area (Å²) in [4.78, 5) is 11.4. The summed E-state index contributed by atoms with van der Waals surface area (Å²) in [7, 11) is 0. The second kappa shape index (κ2) is 7.86. The van der Waals surface area contributed by atoms with E-state index in [1.54, 1.807) is 19.9 Å². The van der Waals surface area contributed by atoms with Crippen molar-refractivity contribution in [2.24, 2.45) is 0 Å². The van der Waals surface area contributed by atoms with Gasteiger partial charge in [-0.1, -0.05) is 19.1 Å². The molecule has 2 N–H and O–H groups in total. The van der Waals surface area contributed by atoms with Crippen molar-refractivity contribution < 1.29 is 19.7 Å². The molecule has 0 fully saturated rings. The molecule has 0 radical (unpaired) electrons. The molecule has 23 heavy (non-hydrogen) atoms. The van der Waals surface area contributed by atoms with Crippen molar-refractivity contribution in [3.8, 4) is 11.5 Å². The molecule has 0 aromatic heterocycles. The predicted molar refractivity (Wildman–Crippen MR) is 92.6 cm³/mol. The van der Waals surface area contributed by atoms with Gasteiger partial charge in [0.05, 0.1) is 0 Å². The number of aromatic carboxylic acids is 1. The summed E-state index contributed by atoms with van der Waals surface area (Å²) in [5.41, 5.74) is 2.73. The first kappa shape index (κ1) is 18.8. The zero-order valence-electron chi connectivity index (χ0n) is 14.6. The van der Waals surface area contributed by atoms with Gasteiger partial charge in [0.2, 0.25) is 0 Å². The molecular weight excluding hydrogens is 292 g/mol. The Morgan fingerprint density at radius 2 is 1.87 bits per heavy atom. The molecule has 1 unspecified atom stereocenters. The summed E-state index contributed by atoms with van der Waals surface area (Å²) in [6.45, 7) is 13.0. The van der Waals surface area contributed by atoms with Gasteiger partial charge < -0.3 is 14.9 Å². The van der Waals surface area contributed by atoms with Gasteiger partial charge in [0.15, 0.2) is 0 Å². The van der Waals surface area contributed by atoms with Crippen molar-refractivity contribution >= 4 is 5.97 Å². The minimum Gasteiger partial charge on any atom is -0.507 e. The van der Waals surface area contributed by atoms with Crippen LogP contribution in [0.2, 0.25) is 0 Å². The number of hydrogen-bond acceptors (Lipinski definition) is 3. The lowest BCUT2D eigenvalue weighted by Gasteiger charge is -2.24. The number of carbonyl (C=O) groups is 1. The summed E-state index contributed by atoms with van der Waals surface area (Å²) >= 11 is 0. The zero-order valence-corrected chi connectivity index (χ0v) is 14.6. The van der Waals surface area contributed by atoms with Crippen LogP contribution in [0.5, 0.6) is 11.5 Å². The first-order valence-electron chi connectivity index (χ1n) is 7.76. The van der Waals surface area contributed by atoms with Crippen LogP contribution in [0.1, 0.15) is 53.7 Å². The van der Waals surface area contributed by atoms with Crippen LogP contribution in [0.4, 0.5) is 0 Å². The number of carboxylic acids is 1. The lowest BCUT2D eigenvalue weighted by molar-refractivity contribution is 0.0692. The number of allylic oxidation sites excluding steroid dienone is 1. The Balaban J connectivity index is 3.40. The van der Waals surface area contributed by atoms with E-state index in [4.69, 9.17) is 4.74 Å². The van der Waals surface area contributed by atoms with E-state index in [9.17, 15) is 15.0 Å². The molecule has 1 rings (SSSR count).